The van der Waals surface area contributed by atoms with Gasteiger partial charge in [-0.25, -0.2) is 4.79 Å². The van der Waals surface area contributed by atoms with Crippen LogP contribution in [0.3, 0.4) is 0 Å². The fourth-order valence-electron chi connectivity index (χ4n) is 4.07. The number of fused-ring (bicyclic) bond motifs is 1. The first-order valence-corrected chi connectivity index (χ1v) is 9.92. The summed E-state index contributed by atoms with van der Waals surface area (Å²) in [6.07, 6.45) is 5.66. The summed E-state index contributed by atoms with van der Waals surface area (Å²) < 4.78 is 7.71. The van der Waals surface area contributed by atoms with Crippen LogP contribution < -0.4 is 4.90 Å². The zero-order valence-electron chi connectivity index (χ0n) is 16.6. The number of para-hydroxylation sites is 1. The van der Waals surface area contributed by atoms with Gasteiger partial charge in [0.1, 0.15) is 0 Å². The summed E-state index contributed by atoms with van der Waals surface area (Å²) in [5.41, 5.74) is 5.47. The van der Waals surface area contributed by atoms with E-state index >= 15 is 0 Å². The van der Waals surface area contributed by atoms with E-state index in [0.717, 1.165) is 23.2 Å². The Morgan fingerprint density at radius 3 is 2.71 bits per heavy atom. The molecule has 5 heteroatoms. The van der Waals surface area contributed by atoms with Crippen molar-refractivity contribution in [3.63, 3.8) is 0 Å². The molecule has 0 bridgehead atoms. The molecule has 0 N–H and O–H groups in total. The number of ether oxygens (including phenoxy) is 1. The number of hydrogen-bond acceptors (Lipinski definition) is 3. The molecule has 2 heterocycles. The lowest BCUT2D eigenvalue weighted by Gasteiger charge is -2.21. The Hall–Kier alpha value is -2.82. The first kappa shape index (κ1) is 18.5. The Balaban J connectivity index is 1.39. The normalized spacial score (nSPS) is 17.0. The monoisotopic (exact) mass is 378 g/mol. The Kier molecular flexibility index (Phi) is 4.84. The van der Waals surface area contributed by atoms with Gasteiger partial charge in [-0.15, -0.1) is 0 Å². The number of aromatic nitrogens is 1. The fourth-order valence-corrected chi connectivity index (χ4v) is 4.07. The second kappa shape index (κ2) is 7.30. The summed E-state index contributed by atoms with van der Waals surface area (Å²) in [5.74, 6) is -0.678. The van der Waals surface area contributed by atoms with Gasteiger partial charge in [-0.05, 0) is 69.4 Å². The summed E-state index contributed by atoms with van der Waals surface area (Å²) in [6.45, 7) is 6.43. The quantitative estimate of drug-likeness (QED) is 0.584. The Labute approximate surface area is 165 Å². The minimum Gasteiger partial charge on any atom is -0.449 e. The van der Waals surface area contributed by atoms with Gasteiger partial charge >= 0.3 is 5.97 Å². The van der Waals surface area contributed by atoms with Gasteiger partial charge in [0.15, 0.2) is 6.10 Å². The molecule has 28 heavy (non-hydrogen) atoms. The van der Waals surface area contributed by atoms with Crippen LogP contribution in [0.1, 0.15) is 48.3 Å². The highest BCUT2D eigenvalue weighted by Crippen LogP contribution is 2.38. The number of carbonyl (C=O) groups excluding carboxylic acids is 2. The van der Waals surface area contributed by atoms with Crippen LogP contribution in [-0.4, -0.2) is 29.1 Å². The number of amides is 1. The first-order chi connectivity index (χ1) is 13.5. The van der Waals surface area contributed by atoms with E-state index in [0.29, 0.717) is 12.6 Å². The zero-order chi connectivity index (χ0) is 19.8. The molecule has 0 unspecified atom stereocenters. The second-order valence-corrected chi connectivity index (χ2v) is 7.71. The van der Waals surface area contributed by atoms with Crippen molar-refractivity contribution in [1.82, 2.24) is 4.57 Å². The SMILES string of the molecule is Cc1cc(/C=C/C(=O)O[C@@H](C)C(=O)N2CCc3ccccc32)c(C)n1C1CC1. The van der Waals surface area contributed by atoms with Crippen LogP contribution in [0.25, 0.3) is 6.08 Å². The Bertz CT molecular complexity index is 953. The molecule has 5 nitrogen and oxygen atoms in total. The van der Waals surface area contributed by atoms with Crippen LogP contribution in [0.15, 0.2) is 36.4 Å². The van der Waals surface area contributed by atoms with E-state index in [1.54, 1.807) is 17.9 Å². The molecule has 2 aromatic rings. The van der Waals surface area contributed by atoms with Crippen molar-refractivity contribution in [1.29, 1.82) is 0 Å². The summed E-state index contributed by atoms with van der Waals surface area (Å²) in [5, 5.41) is 0. The van der Waals surface area contributed by atoms with Crippen LogP contribution >= 0.6 is 0 Å². The third kappa shape index (κ3) is 3.49. The van der Waals surface area contributed by atoms with E-state index in [1.807, 2.05) is 24.3 Å². The molecule has 1 aromatic heterocycles. The summed E-state index contributed by atoms with van der Waals surface area (Å²) >= 11 is 0. The van der Waals surface area contributed by atoms with Crippen molar-refractivity contribution in [3.05, 3.63) is 58.9 Å². The number of aryl methyl sites for hydroxylation is 1. The first-order valence-electron chi connectivity index (χ1n) is 9.92. The van der Waals surface area contributed by atoms with Crippen LogP contribution in [0, 0.1) is 13.8 Å². The lowest BCUT2D eigenvalue weighted by atomic mass is 10.2. The van der Waals surface area contributed by atoms with Crippen molar-refractivity contribution in [2.75, 3.05) is 11.4 Å². The number of benzene rings is 1. The molecule has 1 amide bonds. The van der Waals surface area contributed by atoms with Crippen molar-refractivity contribution in [3.8, 4) is 0 Å². The molecule has 2 aliphatic rings. The van der Waals surface area contributed by atoms with Crippen LogP contribution in [-0.2, 0) is 20.7 Å². The number of anilines is 1. The molecular weight excluding hydrogens is 352 g/mol. The van der Waals surface area contributed by atoms with Crippen molar-refractivity contribution in [2.45, 2.75) is 52.2 Å². The fraction of sp³-hybridized carbons (Fsp3) is 0.391. The van der Waals surface area contributed by atoms with E-state index in [2.05, 4.69) is 24.5 Å². The molecule has 0 saturated heterocycles. The highest BCUT2D eigenvalue weighted by molar-refractivity contribution is 6.00. The highest BCUT2D eigenvalue weighted by Gasteiger charge is 2.29. The molecule has 1 aromatic carbocycles. The number of rotatable bonds is 5. The molecule has 1 aliphatic carbocycles. The smallest absolute Gasteiger partial charge is 0.331 e. The predicted molar refractivity (Wildman–Crippen MR) is 109 cm³/mol. The van der Waals surface area contributed by atoms with E-state index < -0.39 is 12.1 Å². The molecule has 1 saturated carbocycles. The number of esters is 1. The van der Waals surface area contributed by atoms with Gasteiger partial charge in [-0.2, -0.15) is 0 Å². The van der Waals surface area contributed by atoms with E-state index in [4.69, 9.17) is 4.74 Å². The Morgan fingerprint density at radius 2 is 1.96 bits per heavy atom. The van der Waals surface area contributed by atoms with Crippen molar-refractivity contribution >= 4 is 23.6 Å². The van der Waals surface area contributed by atoms with Gasteiger partial charge in [0, 0.05) is 35.7 Å². The van der Waals surface area contributed by atoms with Crippen molar-refractivity contribution in [2.24, 2.45) is 0 Å². The van der Waals surface area contributed by atoms with Crippen LogP contribution in [0.4, 0.5) is 5.69 Å². The third-order valence-electron chi connectivity index (χ3n) is 5.63. The van der Waals surface area contributed by atoms with Gasteiger partial charge in [-0.1, -0.05) is 18.2 Å². The standard InChI is InChI=1S/C23H26N2O3/c1-15-14-19(16(2)25(15)20-9-10-20)8-11-22(26)28-17(3)23(27)24-13-12-18-6-4-5-7-21(18)24/h4-8,11,14,17,20H,9-10,12-13H2,1-3H3/b11-8+/t17-/m0/s1. The largest absolute Gasteiger partial charge is 0.449 e. The maximum Gasteiger partial charge on any atom is 0.331 e. The molecule has 0 radical (unpaired) electrons. The second-order valence-electron chi connectivity index (χ2n) is 7.71. The molecule has 1 aliphatic heterocycles. The molecule has 1 atom stereocenters. The topological polar surface area (TPSA) is 51.5 Å². The van der Waals surface area contributed by atoms with Gasteiger partial charge in [0.25, 0.3) is 5.91 Å². The van der Waals surface area contributed by atoms with E-state index in [1.165, 1.54) is 30.3 Å². The lowest BCUT2D eigenvalue weighted by molar-refractivity contribution is -0.149. The zero-order valence-corrected chi connectivity index (χ0v) is 16.6. The Morgan fingerprint density at radius 1 is 1.21 bits per heavy atom. The maximum atomic E-state index is 12.7. The molecule has 1 fully saturated rings. The summed E-state index contributed by atoms with van der Waals surface area (Å²) in [6, 6.07) is 10.6. The number of nitrogens with zero attached hydrogens (tertiary/aromatic N) is 2. The number of hydrogen-bond donors (Lipinski definition) is 0. The summed E-state index contributed by atoms with van der Waals surface area (Å²) in [4.78, 5) is 26.7. The third-order valence-corrected chi connectivity index (χ3v) is 5.63. The van der Waals surface area contributed by atoms with Crippen LogP contribution in [0.2, 0.25) is 0 Å². The molecular formula is C23H26N2O3. The predicted octanol–water partition coefficient (Wildman–Crippen LogP) is 3.97. The minimum absolute atomic E-state index is 0.182. The number of carbonyl (C=O) groups is 2. The van der Waals surface area contributed by atoms with Crippen LogP contribution in [0.5, 0.6) is 0 Å². The molecule has 146 valence electrons. The summed E-state index contributed by atoms with van der Waals surface area (Å²) in [7, 11) is 0. The molecule has 0 spiro atoms. The average molecular weight is 378 g/mol. The van der Waals surface area contributed by atoms with Crippen molar-refractivity contribution < 1.29 is 14.3 Å². The maximum absolute atomic E-state index is 12.7. The van der Waals surface area contributed by atoms with Gasteiger partial charge in [0.2, 0.25) is 0 Å². The van der Waals surface area contributed by atoms with Gasteiger partial charge < -0.3 is 14.2 Å². The van der Waals surface area contributed by atoms with E-state index in [9.17, 15) is 9.59 Å². The van der Waals surface area contributed by atoms with Gasteiger partial charge in [0.05, 0.1) is 0 Å². The average Bonchev–Trinajstić information content (AvgIpc) is 3.34. The van der Waals surface area contributed by atoms with Gasteiger partial charge in [-0.3, -0.25) is 4.79 Å². The van der Waals surface area contributed by atoms with E-state index in [-0.39, 0.29) is 5.91 Å². The highest BCUT2D eigenvalue weighted by atomic mass is 16.5. The molecule has 4 rings (SSSR count). The lowest BCUT2D eigenvalue weighted by Crippen LogP contribution is -2.38. The minimum atomic E-state index is -0.817.